The summed E-state index contributed by atoms with van der Waals surface area (Å²) >= 11 is 5.73. The highest BCUT2D eigenvalue weighted by Crippen LogP contribution is 2.09. The number of nitrogens with zero attached hydrogens (tertiary/aromatic N) is 2. The Morgan fingerprint density at radius 2 is 2.27 bits per heavy atom. The van der Waals surface area contributed by atoms with Gasteiger partial charge in [0.05, 0.1) is 6.20 Å². The maximum atomic E-state index is 5.73. The normalized spacial score (nSPS) is 12.0. The van der Waals surface area contributed by atoms with Crippen molar-refractivity contribution in [3.05, 3.63) is 18.0 Å². The first kappa shape index (κ1) is 12.5. The van der Waals surface area contributed by atoms with E-state index in [1.165, 1.54) is 5.56 Å². The molecule has 0 bridgehead atoms. The van der Waals surface area contributed by atoms with Crippen LogP contribution in [0.1, 0.15) is 25.8 Å². The molecule has 1 aromatic heterocycles. The van der Waals surface area contributed by atoms with Gasteiger partial charge >= 0.3 is 0 Å². The monoisotopic (exact) mass is 229 g/mol. The van der Waals surface area contributed by atoms with E-state index in [1.54, 1.807) is 0 Å². The van der Waals surface area contributed by atoms with Crippen LogP contribution in [0.2, 0.25) is 0 Å². The van der Waals surface area contributed by atoms with Crippen LogP contribution in [-0.4, -0.2) is 27.7 Å². The first-order valence-electron chi connectivity index (χ1n) is 5.32. The van der Waals surface area contributed by atoms with Gasteiger partial charge in [0.1, 0.15) is 0 Å². The molecule has 86 valence electrons. The average molecular weight is 230 g/mol. The Morgan fingerprint density at radius 1 is 1.53 bits per heavy atom. The Kier molecular flexibility index (Phi) is 4.61. The minimum atomic E-state index is 0.129. The molecule has 0 aliphatic carbocycles. The van der Waals surface area contributed by atoms with Crippen molar-refractivity contribution in [2.75, 3.05) is 12.4 Å². The Balaban J connectivity index is 2.27. The maximum Gasteiger partial charge on any atom is 0.0522 e. The lowest BCUT2D eigenvalue weighted by atomic mass is 10.0. The van der Waals surface area contributed by atoms with Gasteiger partial charge in [0, 0.05) is 24.7 Å². The van der Waals surface area contributed by atoms with E-state index >= 15 is 0 Å². The van der Waals surface area contributed by atoms with Crippen LogP contribution in [0.25, 0.3) is 0 Å². The molecular formula is C11H20ClN3. The second-order valence-corrected chi connectivity index (χ2v) is 4.90. The van der Waals surface area contributed by atoms with Crippen molar-refractivity contribution in [2.45, 2.75) is 32.2 Å². The van der Waals surface area contributed by atoms with E-state index in [9.17, 15) is 0 Å². The number of halogens is 1. The number of nitrogens with one attached hydrogen (secondary N) is 1. The van der Waals surface area contributed by atoms with Gasteiger partial charge in [-0.1, -0.05) is 0 Å². The second-order valence-electron chi connectivity index (χ2n) is 4.52. The number of aryl methyl sites for hydroxylation is 1. The second kappa shape index (κ2) is 5.52. The molecule has 1 heterocycles. The molecule has 0 atom stereocenters. The summed E-state index contributed by atoms with van der Waals surface area (Å²) in [6.07, 6.45) is 5.97. The molecule has 3 nitrogen and oxygen atoms in total. The quantitative estimate of drug-likeness (QED) is 0.756. The number of hydrogen-bond acceptors (Lipinski definition) is 2. The molecular weight excluding hydrogens is 210 g/mol. The minimum absolute atomic E-state index is 0.129. The fraction of sp³-hybridized carbons (Fsp3) is 0.727. The molecule has 0 amide bonds. The molecule has 1 aromatic rings. The summed E-state index contributed by atoms with van der Waals surface area (Å²) in [4.78, 5) is 0. The predicted molar refractivity (Wildman–Crippen MR) is 64.3 cm³/mol. The zero-order chi connectivity index (χ0) is 11.3. The largest absolute Gasteiger partial charge is 0.311 e. The third kappa shape index (κ3) is 4.67. The molecule has 4 heteroatoms. The number of alkyl halides is 1. The van der Waals surface area contributed by atoms with Gasteiger partial charge in [0.2, 0.25) is 0 Å². The van der Waals surface area contributed by atoms with Crippen molar-refractivity contribution >= 4 is 11.6 Å². The molecule has 0 saturated carbocycles. The van der Waals surface area contributed by atoms with Gasteiger partial charge in [0.25, 0.3) is 0 Å². The van der Waals surface area contributed by atoms with Crippen LogP contribution >= 0.6 is 11.6 Å². The van der Waals surface area contributed by atoms with Crippen LogP contribution < -0.4 is 5.32 Å². The zero-order valence-corrected chi connectivity index (χ0v) is 10.5. The van der Waals surface area contributed by atoms with Crippen molar-refractivity contribution in [2.24, 2.45) is 7.05 Å². The van der Waals surface area contributed by atoms with E-state index in [4.69, 9.17) is 11.6 Å². The highest BCUT2D eigenvalue weighted by Gasteiger charge is 2.15. The maximum absolute atomic E-state index is 5.73. The number of hydrogen-bond donors (Lipinski definition) is 1. The fourth-order valence-corrected chi connectivity index (χ4v) is 1.94. The fourth-order valence-electron chi connectivity index (χ4n) is 1.47. The third-order valence-corrected chi connectivity index (χ3v) is 2.68. The van der Waals surface area contributed by atoms with Crippen LogP contribution in [0.4, 0.5) is 0 Å². The summed E-state index contributed by atoms with van der Waals surface area (Å²) in [5, 5.41) is 7.63. The highest BCUT2D eigenvalue weighted by atomic mass is 35.5. The summed E-state index contributed by atoms with van der Waals surface area (Å²) in [5.74, 6) is 0.701. The molecule has 0 aromatic carbocycles. The Hall–Kier alpha value is -0.540. The molecule has 15 heavy (non-hydrogen) atoms. The van der Waals surface area contributed by atoms with Gasteiger partial charge in [-0.3, -0.25) is 4.68 Å². The molecule has 1 rings (SSSR count). The molecule has 1 N–H and O–H groups in total. The van der Waals surface area contributed by atoms with Gasteiger partial charge in [0.15, 0.2) is 0 Å². The van der Waals surface area contributed by atoms with Crippen LogP contribution in [0, 0.1) is 0 Å². The lowest BCUT2D eigenvalue weighted by Crippen LogP contribution is -2.40. The Labute approximate surface area is 96.8 Å². The molecule has 0 aliphatic heterocycles. The third-order valence-electron chi connectivity index (χ3n) is 2.50. The van der Waals surface area contributed by atoms with E-state index in [1.807, 2.05) is 17.9 Å². The summed E-state index contributed by atoms with van der Waals surface area (Å²) in [5.41, 5.74) is 1.40. The number of rotatable bonds is 6. The van der Waals surface area contributed by atoms with Crippen molar-refractivity contribution in [3.8, 4) is 0 Å². The predicted octanol–water partition coefficient (Wildman–Crippen LogP) is 1.96. The zero-order valence-electron chi connectivity index (χ0n) is 9.76. The lowest BCUT2D eigenvalue weighted by molar-refractivity contribution is 0.381. The summed E-state index contributed by atoms with van der Waals surface area (Å²) in [6.45, 7) is 5.33. The van der Waals surface area contributed by atoms with E-state index in [0.29, 0.717) is 5.88 Å². The average Bonchev–Trinajstić information content (AvgIpc) is 2.51. The van der Waals surface area contributed by atoms with Gasteiger partial charge < -0.3 is 5.32 Å². The topological polar surface area (TPSA) is 29.9 Å². The van der Waals surface area contributed by atoms with Crippen LogP contribution in [0.3, 0.4) is 0 Å². The number of aromatic nitrogens is 2. The van der Waals surface area contributed by atoms with Gasteiger partial charge in [-0.25, -0.2) is 0 Å². The summed E-state index contributed by atoms with van der Waals surface area (Å²) in [7, 11) is 1.94. The van der Waals surface area contributed by atoms with Crippen molar-refractivity contribution in [3.63, 3.8) is 0 Å². The Bertz CT molecular complexity index is 294. The van der Waals surface area contributed by atoms with Gasteiger partial charge in [-0.05, 0) is 38.8 Å². The molecule has 0 aliphatic rings. The summed E-state index contributed by atoms with van der Waals surface area (Å²) < 4.78 is 1.83. The SMILES string of the molecule is Cn1cc(CCNC(C)(C)CCCl)cn1. The molecule has 0 unspecified atom stereocenters. The van der Waals surface area contributed by atoms with Crippen LogP contribution in [-0.2, 0) is 13.5 Å². The molecule has 0 spiro atoms. The minimum Gasteiger partial charge on any atom is -0.311 e. The molecule has 0 fully saturated rings. The van der Waals surface area contributed by atoms with Gasteiger partial charge in [-0.2, -0.15) is 5.10 Å². The standard InChI is InChI=1S/C11H20ClN3/c1-11(2,5-6-12)13-7-4-10-8-14-15(3)9-10/h8-9,13H,4-7H2,1-3H3. The van der Waals surface area contributed by atoms with E-state index < -0.39 is 0 Å². The smallest absolute Gasteiger partial charge is 0.0522 e. The lowest BCUT2D eigenvalue weighted by Gasteiger charge is -2.25. The van der Waals surface area contributed by atoms with Gasteiger partial charge in [-0.15, -0.1) is 11.6 Å². The highest BCUT2D eigenvalue weighted by molar-refractivity contribution is 6.17. The van der Waals surface area contributed by atoms with Crippen LogP contribution in [0.5, 0.6) is 0 Å². The van der Waals surface area contributed by atoms with E-state index in [0.717, 1.165) is 19.4 Å². The van der Waals surface area contributed by atoms with Crippen molar-refractivity contribution < 1.29 is 0 Å². The summed E-state index contributed by atoms with van der Waals surface area (Å²) in [6, 6.07) is 0. The van der Waals surface area contributed by atoms with E-state index in [2.05, 4.69) is 30.5 Å². The first-order chi connectivity index (χ1) is 7.03. The van der Waals surface area contributed by atoms with E-state index in [-0.39, 0.29) is 5.54 Å². The van der Waals surface area contributed by atoms with Crippen molar-refractivity contribution in [1.82, 2.24) is 15.1 Å². The Morgan fingerprint density at radius 3 is 2.80 bits per heavy atom. The van der Waals surface area contributed by atoms with Crippen molar-refractivity contribution in [1.29, 1.82) is 0 Å². The first-order valence-corrected chi connectivity index (χ1v) is 5.85. The molecule has 0 radical (unpaired) electrons. The molecule has 0 saturated heterocycles. The van der Waals surface area contributed by atoms with Crippen LogP contribution in [0.15, 0.2) is 12.4 Å².